The van der Waals surface area contributed by atoms with Crippen LogP contribution in [0.25, 0.3) is 0 Å². The maximum Gasteiger partial charge on any atom is 0.315 e. The van der Waals surface area contributed by atoms with Crippen molar-refractivity contribution >= 4 is 11.9 Å². The van der Waals surface area contributed by atoms with Gasteiger partial charge in [-0.2, -0.15) is 0 Å². The van der Waals surface area contributed by atoms with Gasteiger partial charge in [0, 0.05) is 19.0 Å². The molecule has 0 radical (unpaired) electrons. The summed E-state index contributed by atoms with van der Waals surface area (Å²) in [6.07, 6.45) is 1.43. The van der Waals surface area contributed by atoms with Crippen LogP contribution in [-0.4, -0.2) is 42.3 Å². The molecule has 0 heterocycles. The Labute approximate surface area is 137 Å². The average Bonchev–Trinajstić information content (AvgIpc) is 2.52. The molecule has 128 valence electrons. The summed E-state index contributed by atoms with van der Waals surface area (Å²) in [4.78, 5) is 23.4. The molecule has 1 aromatic rings. The highest BCUT2D eigenvalue weighted by atomic mass is 16.3. The van der Waals surface area contributed by atoms with Crippen molar-refractivity contribution in [2.75, 3.05) is 13.7 Å². The van der Waals surface area contributed by atoms with Crippen LogP contribution in [0.4, 0.5) is 4.79 Å². The molecule has 0 unspecified atom stereocenters. The summed E-state index contributed by atoms with van der Waals surface area (Å²) in [6, 6.07) is 8.98. The molecule has 0 aliphatic rings. The van der Waals surface area contributed by atoms with E-state index in [1.54, 1.807) is 7.05 Å². The lowest BCUT2D eigenvalue weighted by Crippen LogP contribution is -2.52. The van der Waals surface area contributed by atoms with Crippen molar-refractivity contribution in [1.29, 1.82) is 0 Å². The molecule has 3 amide bonds. The van der Waals surface area contributed by atoms with Gasteiger partial charge in [-0.25, -0.2) is 4.79 Å². The van der Waals surface area contributed by atoms with E-state index < -0.39 is 5.54 Å². The minimum Gasteiger partial charge on any atom is -0.394 e. The van der Waals surface area contributed by atoms with Gasteiger partial charge in [0.25, 0.3) is 0 Å². The third-order valence-corrected chi connectivity index (χ3v) is 3.59. The molecule has 1 rings (SSSR count). The van der Waals surface area contributed by atoms with Crippen molar-refractivity contribution in [1.82, 2.24) is 16.0 Å². The number of benzene rings is 1. The fourth-order valence-electron chi connectivity index (χ4n) is 2.20. The predicted octanol–water partition coefficient (Wildman–Crippen LogP) is 1.19. The number of carbonyl (C=O) groups excluding carboxylic acids is 2. The lowest BCUT2D eigenvalue weighted by Gasteiger charge is -2.27. The first-order valence-electron chi connectivity index (χ1n) is 7.80. The molecule has 1 aromatic carbocycles. The molecule has 0 aliphatic heterocycles. The third kappa shape index (κ3) is 7.65. The topological polar surface area (TPSA) is 90.5 Å². The van der Waals surface area contributed by atoms with Gasteiger partial charge in [0.2, 0.25) is 5.91 Å². The van der Waals surface area contributed by atoms with Gasteiger partial charge in [-0.15, -0.1) is 0 Å². The van der Waals surface area contributed by atoms with E-state index in [0.29, 0.717) is 19.3 Å². The Hall–Kier alpha value is -2.08. The van der Waals surface area contributed by atoms with Gasteiger partial charge in [-0.05, 0) is 32.3 Å². The Morgan fingerprint density at radius 2 is 1.87 bits per heavy atom. The molecule has 6 nitrogen and oxygen atoms in total. The summed E-state index contributed by atoms with van der Waals surface area (Å²) in [6.45, 7) is 3.59. The van der Waals surface area contributed by atoms with E-state index in [9.17, 15) is 14.7 Å². The minimum atomic E-state index is -0.511. The third-order valence-electron chi connectivity index (χ3n) is 3.59. The molecule has 23 heavy (non-hydrogen) atoms. The fourth-order valence-corrected chi connectivity index (χ4v) is 2.20. The number of amides is 3. The molecule has 0 saturated carbocycles. The summed E-state index contributed by atoms with van der Waals surface area (Å²) in [5.74, 6) is -0.0578. The lowest BCUT2D eigenvalue weighted by atomic mass is 9.98. The zero-order valence-corrected chi connectivity index (χ0v) is 14.1. The lowest BCUT2D eigenvalue weighted by molar-refractivity contribution is -0.121. The number of nitrogens with one attached hydrogen (secondary N) is 3. The van der Waals surface area contributed by atoms with E-state index in [-0.39, 0.29) is 24.6 Å². The largest absolute Gasteiger partial charge is 0.394 e. The van der Waals surface area contributed by atoms with Crippen molar-refractivity contribution < 1.29 is 14.7 Å². The van der Waals surface area contributed by atoms with Crippen molar-refractivity contribution in [2.45, 2.75) is 44.7 Å². The monoisotopic (exact) mass is 321 g/mol. The van der Waals surface area contributed by atoms with Crippen LogP contribution in [0.5, 0.6) is 0 Å². The van der Waals surface area contributed by atoms with Crippen LogP contribution in [0.2, 0.25) is 0 Å². The zero-order valence-electron chi connectivity index (χ0n) is 14.1. The zero-order chi connectivity index (χ0) is 17.3. The van der Waals surface area contributed by atoms with Crippen LogP contribution in [0.15, 0.2) is 30.3 Å². The Morgan fingerprint density at radius 3 is 2.43 bits per heavy atom. The van der Waals surface area contributed by atoms with E-state index in [4.69, 9.17) is 0 Å². The Bertz CT molecular complexity index is 503. The van der Waals surface area contributed by atoms with Gasteiger partial charge in [0.1, 0.15) is 0 Å². The molecule has 4 N–H and O–H groups in total. The normalized spacial score (nSPS) is 12.3. The second-order valence-electron chi connectivity index (χ2n) is 6.22. The summed E-state index contributed by atoms with van der Waals surface area (Å²) in [5, 5.41) is 17.6. The van der Waals surface area contributed by atoms with E-state index >= 15 is 0 Å². The van der Waals surface area contributed by atoms with Crippen LogP contribution in [0.1, 0.15) is 32.3 Å². The van der Waals surface area contributed by atoms with Crippen LogP contribution >= 0.6 is 0 Å². The quantitative estimate of drug-likeness (QED) is 0.580. The van der Waals surface area contributed by atoms with Gasteiger partial charge >= 0.3 is 6.03 Å². The molecule has 0 bridgehead atoms. The Kier molecular flexibility index (Phi) is 7.54. The van der Waals surface area contributed by atoms with E-state index in [1.165, 1.54) is 0 Å². The maximum absolute atomic E-state index is 12.1. The predicted molar refractivity (Wildman–Crippen MR) is 90.1 cm³/mol. The summed E-state index contributed by atoms with van der Waals surface area (Å²) in [7, 11) is 1.59. The van der Waals surface area contributed by atoms with Crippen molar-refractivity contribution in [3.05, 3.63) is 35.9 Å². The van der Waals surface area contributed by atoms with Gasteiger partial charge in [-0.1, -0.05) is 30.3 Å². The maximum atomic E-state index is 12.1. The highest BCUT2D eigenvalue weighted by Gasteiger charge is 2.22. The van der Waals surface area contributed by atoms with Gasteiger partial charge in [0.15, 0.2) is 0 Å². The summed E-state index contributed by atoms with van der Waals surface area (Å²) >= 11 is 0. The number of rotatable bonds is 8. The number of hydrogen-bond acceptors (Lipinski definition) is 3. The first kappa shape index (κ1) is 19.0. The van der Waals surface area contributed by atoms with E-state index in [0.717, 1.165) is 5.56 Å². The smallest absolute Gasteiger partial charge is 0.315 e. The fraction of sp³-hybridized carbons (Fsp3) is 0.529. The second-order valence-corrected chi connectivity index (χ2v) is 6.22. The molecule has 0 saturated heterocycles. The molecule has 0 aliphatic carbocycles. The molecular formula is C17H27N3O3. The molecule has 6 heteroatoms. The average molecular weight is 321 g/mol. The van der Waals surface area contributed by atoms with E-state index in [2.05, 4.69) is 16.0 Å². The number of hydrogen-bond donors (Lipinski definition) is 4. The van der Waals surface area contributed by atoms with Crippen molar-refractivity contribution in [3.8, 4) is 0 Å². The highest BCUT2D eigenvalue weighted by molar-refractivity contribution is 5.76. The molecule has 1 atom stereocenters. The van der Waals surface area contributed by atoms with Crippen LogP contribution < -0.4 is 16.0 Å². The standard InChI is InChI=1S/C17H27N3O3/c1-17(2,10-9-15(22)18-3)20-16(23)19-14(12-21)11-13-7-5-4-6-8-13/h4-8,14,21H,9-12H2,1-3H3,(H,18,22)(H2,19,20,23)/t14-/m0/s1. The van der Waals surface area contributed by atoms with Gasteiger partial charge in [-0.3, -0.25) is 4.79 Å². The number of aliphatic hydroxyl groups excluding tert-OH is 1. The molecule has 0 fully saturated rings. The Balaban J connectivity index is 2.47. The van der Waals surface area contributed by atoms with Gasteiger partial charge in [0.05, 0.1) is 12.6 Å². The first-order valence-corrected chi connectivity index (χ1v) is 7.80. The number of carbonyl (C=O) groups is 2. The van der Waals surface area contributed by atoms with Crippen LogP contribution in [0, 0.1) is 0 Å². The SMILES string of the molecule is CNC(=O)CCC(C)(C)NC(=O)N[C@H](CO)Cc1ccccc1. The number of aliphatic hydroxyl groups is 1. The first-order chi connectivity index (χ1) is 10.9. The Morgan fingerprint density at radius 1 is 1.22 bits per heavy atom. The van der Waals surface area contributed by atoms with Gasteiger partial charge < -0.3 is 21.1 Å². The molecular weight excluding hydrogens is 294 g/mol. The van der Waals surface area contributed by atoms with Crippen LogP contribution in [-0.2, 0) is 11.2 Å². The molecule has 0 spiro atoms. The number of urea groups is 1. The summed E-state index contributed by atoms with van der Waals surface area (Å²) < 4.78 is 0. The highest BCUT2D eigenvalue weighted by Crippen LogP contribution is 2.11. The van der Waals surface area contributed by atoms with Crippen molar-refractivity contribution in [3.63, 3.8) is 0 Å². The molecule has 0 aromatic heterocycles. The van der Waals surface area contributed by atoms with Crippen LogP contribution in [0.3, 0.4) is 0 Å². The minimum absolute atomic E-state index is 0.0578. The van der Waals surface area contributed by atoms with Crippen molar-refractivity contribution in [2.24, 2.45) is 0 Å². The van der Waals surface area contributed by atoms with E-state index in [1.807, 2.05) is 44.2 Å². The summed E-state index contributed by atoms with van der Waals surface area (Å²) in [5.41, 5.74) is 0.536. The second kappa shape index (κ2) is 9.15.